The molecule has 0 amide bonds. The van der Waals surface area contributed by atoms with E-state index >= 15 is 0 Å². The Kier molecular flexibility index (Phi) is 5.82. The van der Waals surface area contributed by atoms with Crippen LogP contribution in [0.3, 0.4) is 0 Å². The molecule has 1 aromatic carbocycles. The molecule has 20 heavy (non-hydrogen) atoms. The van der Waals surface area contributed by atoms with Gasteiger partial charge in [0, 0.05) is 0 Å². The van der Waals surface area contributed by atoms with Crippen LogP contribution in [0, 0.1) is 0 Å². The molecule has 0 unspecified atom stereocenters. The molecule has 0 saturated carbocycles. The van der Waals surface area contributed by atoms with E-state index in [1.807, 2.05) is 0 Å². The molecule has 0 radical (unpaired) electrons. The number of esters is 2. The standard InChI is InChI=1S/C14H17ClO5/c1-4-19-12(16)14(15,13(17)20-5-2)10-6-8-11(18-3)9-7-10/h6-9H,4-5H2,1-3H3. The Hall–Kier alpha value is -1.75. The molecule has 0 fully saturated rings. The lowest BCUT2D eigenvalue weighted by molar-refractivity contribution is -0.159. The predicted octanol–water partition coefficient (Wildman–Crippen LogP) is 2.26. The van der Waals surface area contributed by atoms with Crippen molar-refractivity contribution in [1.29, 1.82) is 0 Å². The molecular formula is C14H17ClO5. The van der Waals surface area contributed by atoms with Gasteiger partial charge in [0.25, 0.3) is 4.87 Å². The largest absolute Gasteiger partial charge is 0.497 e. The van der Waals surface area contributed by atoms with Crippen molar-refractivity contribution < 1.29 is 23.8 Å². The second kappa shape index (κ2) is 7.14. The number of rotatable bonds is 6. The number of ether oxygens (including phenoxy) is 3. The first kappa shape index (κ1) is 16.3. The molecule has 1 aromatic rings. The van der Waals surface area contributed by atoms with Gasteiger partial charge < -0.3 is 14.2 Å². The van der Waals surface area contributed by atoms with E-state index in [9.17, 15) is 9.59 Å². The molecule has 110 valence electrons. The van der Waals surface area contributed by atoms with Crippen molar-refractivity contribution in [3.8, 4) is 5.75 Å². The van der Waals surface area contributed by atoms with Crippen LogP contribution < -0.4 is 4.74 Å². The van der Waals surface area contributed by atoms with E-state index in [1.165, 1.54) is 19.2 Å². The Morgan fingerprint density at radius 1 is 1.05 bits per heavy atom. The summed E-state index contributed by atoms with van der Waals surface area (Å²) >= 11 is 6.23. The summed E-state index contributed by atoms with van der Waals surface area (Å²) in [6.45, 7) is 3.49. The van der Waals surface area contributed by atoms with Gasteiger partial charge in [-0.05, 0) is 31.5 Å². The van der Waals surface area contributed by atoms with Crippen molar-refractivity contribution in [2.75, 3.05) is 20.3 Å². The molecule has 0 atom stereocenters. The number of methoxy groups -OCH3 is 1. The minimum absolute atomic E-state index is 0.114. The van der Waals surface area contributed by atoms with Crippen LogP contribution in [0.15, 0.2) is 24.3 Å². The fourth-order valence-electron chi connectivity index (χ4n) is 1.60. The minimum Gasteiger partial charge on any atom is -0.497 e. The van der Waals surface area contributed by atoms with Gasteiger partial charge >= 0.3 is 11.9 Å². The quantitative estimate of drug-likeness (QED) is 0.458. The van der Waals surface area contributed by atoms with E-state index in [2.05, 4.69) is 0 Å². The highest BCUT2D eigenvalue weighted by Crippen LogP contribution is 2.33. The zero-order chi connectivity index (χ0) is 15.2. The normalized spacial score (nSPS) is 10.8. The first-order valence-electron chi connectivity index (χ1n) is 6.18. The molecule has 0 aromatic heterocycles. The van der Waals surface area contributed by atoms with Crippen LogP contribution in [0.1, 0.15) is 19.4 Å². The summed E-state index contributed by atoms with van der Waals surface area (Å²) in [6, 6.07) is 6.26. The van der Waals surface area contributed by atoms with Gasteiger partial charge in [-0.3, -0.25) is 0 Å². The van der Waals surface area contributed by atoms with Crippen LogP contribution in [-0.2, 0) is 23.9 Å². The molecule has 0 saturated heterocycles. The van der Waals surface area contributed by atoms with Crippen molar-refractivity contribution in [2.45, 2.75) is 18.7 Å². The van der Waals surface area contributed by atoms with Crippen LogP contribution in [0.4, 0.5) is 0 Å². The highest BCUT2D eigenvalue weighted by Gasteiger charge is 2.49. The van der Waals surface area contributed by atoms with Gasteiger partial charge in [0.1, 0.15) is 5.75 Å². The van der Waals surface area contributed by atoms with Gasteiger partial charge in [-0.25, -0.2) is 9.59 Å². The predicted molar refractivity (Wildman–Crippen MR) is 73.8 cm³/mol. The summed E-state index contributed by atoms with van der Waals surface area (Å²) in [5, 5.41) is 0. The fraction of sp³-hybridized carbons (Fsp3) is 0.429. The topological polar surface area (TPSA) is 61.8 Å². The number of carbonyl (C=O) groups excluding carboxylic acids is 2. The Labute approximate surface area is 122 Å². The summed E-state index contributed by atoms with van der Waals surface area (Å²) in [6.07, 6.45) is 0. The lowest BCUT2D eigenvalue weighted by Gasteiger charge is -2.23. The molecule has 0 spiro atoms. The average molecular weight is 301 g/mol. The molecule has 6 heteroatoms. The van der Waals surface area contributed by atoms with Crippen molar-refractivity contribution >= 4 is 23.5 Å². The third kappa shape index (κ3) is 3.22. The summed E-state index contributed by atoms with van der Waals surface area (Å²) in [4.78, 5) is 22.1. The lowest BCUT2D eigenvalue weighted by atomic mass is 9.98. The molecule has 0 aliphatic carbocycles. The minimum atomic E-state index is -2.00. The first-order valence-corrected chi connectivity index (χ1v) is 6.56. The SMILES string of the molecule is CCOC(=O)C(Cl)(C(=O)OCC)c1ccc(OC)cc1. The van der Waals surface area contributed by atoms with Crippen molar-refractivity contribution in [1.82, 2.24) is 0 Å². The first-order chi connectivity index (χ1) is 9.50. The zero-order valence-electron chi connectivity index (χ0n) is 11.6. The smallest absolute Gasteiger partial charge is 0.343 e. The molecule has 1 rings (SSSR count). The van der Waals surface area contributed by atoms with Crippen LogP contribution in [0.2, 0.25) is 0 Å². The molecule has 5 nitrogen and oxygen atoms in total. The van der Waals surface area contributed by atoms with Gasteiger partial charge in [-0.2, -0.15) is 0 Å². The van der Waals surface area contributed by atoms with Crippen molar-refractivity contribution in [3.05, 3.63) is 29.8 Å². The average Bonchev–Trinajstić information content (AvgIpc) is 2.47. The Morgan fingerprint density at radius 3 is 1.85 bits per heavy atom. The van der Waals surface area contributed by atoms with Gasteiger partial charge in [-0.1, -0.05) is 23.7 Å². The molecule has 0 heterocycles. The van der Waals surface area contributed by atoms with Gasteiger partial charge in [0.15, 0.2) is 0 Å². The van der Waals surface area contributed by atoms with E-state index < -0.39 is 16.8 Å². The molecule has 0 aliphatic rings. The monoisotopic (exact) mass is 300 g/mol. The third-order valence-electron chi connectivity index (χ3n) is 2.60. The fourth-order valence-corrected chi connectivity index (χ4v) is 1.84. The second-order valence-electron chi connectivity index (χ2n) is 3.83. The number of benzene rings is 1. The van der Waals surface area contributed by atoms with E-state index in [1.54, 1.807) is 26.0 Å². The van der Waals surface area contributed by atoms with Crippen LogP contribution in [-0.4, -0.2) is 32.3 Å². The van der Waals surface area contributed by atoms with Gasteiger partial charge in [0.05, 0.1) is 20.3 Å². The maximum absolute atomic E-state index is 12.0. The van der Waals surface area contributed by atoms with E-state index in [0.29, 0.717) is 5.75 Å². The number of carbonyl (C=O) groups is 2. The second-order valence-corrected chi connectivity index (χ2v) is 4.39. The lowest BCUT2D eigenvalue weighted by Crippen LogP contribution is -2.41. The summed E-state index contributed by atoms with van der Waals surface area (Å²) < 4.78 is 14.8. The van der Waals surface area contributed by atoms with E-state index in [4.69, 9.17) is 25.8 Å². The Balaban J connectivity index is 3.20. The molecule has 0 bridgehead atoms. The highest BCUT2D eigenvalue weighted by molar-refractivity contribution is 6.44. The molecule has 0 N–H and O–H groups in total. The Morgan fingerprint density at radius 2 is 1.50 bits per heavy atom. The summed E-state index contributed by atoms with van der Waals surface area (Å²) in [5.41, 5.74) is 0.275. The van der Waals surface area contributed by atoms with Gasteiger partial charge in [0.2, 0.25) is 0 Å². The molecular weight excluding hydrogens is 284 g/mol. The zero-order valence-corrected chi connectivity index (χ0v) is 12.4. The number of halogens is 1. The summed E-state index contributed by atoms with van der Waals surface area (Å²) in [5.74, 6) is -1.13. The highest BCUT2D eigenvalue weighted by atomic mass is 35.5. The third-order valence-corrected chi connectivity index (χ3v) is 3.13. The van der Waals surface area contributed by atoms with E-state index in [0.717, 1.165) is 0 Å². The number of hydrogen-bond donors (Lipinski definition) is 0. The van der Waals surface area contributed by atoms with Crippen molar-refractivity contribution in [2.24, 2.45) is 0 Å². The van der Waals surface area contributed by atoms with Crippen molar-refractivity contribution in [3.63, 3.8) is 0 Å². The Bertz CT molecular complexity index is 451. The van der Waals surface area contributed by atoms with Crippen LogP contribution >= 0.6 is 11.6 Å². The van der Waals surface area contributed by atoms with Gasteiger partial charge in [-0.15, -0.1) is 0 Å². The number of hydrogen-bond acceptors (Lipinski definition) is 5. The number of alkyl halides is 1. The van der Waals surface area contributed by atoms with Crippen LogP contribution in [0.5, 0.6) is 5.75 Å². The maximum atomic E-state index is 12.0. The van der Waals surface area contributed by atoms with Crippen LogP contribution in [0.25, 0.3) is 0 Å². The van der Waals surface area contributed by atoms with E-state index in [-0.39, 0.29) is 18.8 Å². The summed E-state index contributed by atoms with van der Waals surface area (Å²) in [7, 11) is 1.51. The maximum Gasteiger partial charge on any atom is 0.343 e. The molecule has 0 aliphatic heterocycles.